The standard InChI is InChI=1S/C28H29N7O6/c1-4-33(18-12-8-9-13-19(18)35(37)38)14-20-22-23(41-28(2,3)40-22)27(39-20)34-16-31-21-24(29-15-30-25(21)34)32-26(36)17-10-6-5-7-11-17/h5-13,15-16,20,22-23,27H,4,14H2,1-3H3,(H,29,30,32,36)/t20-,22-,23?,27-/m1/s1. The van der Waals surface area contributed by atoms with Gasteiger partial charge in [-0.15, -0.1) is 0 Å². The monoisotopic (exact) mass is 559 g/mol. The van der Waals surface area contributed by atoms with Crippen LogP contribution in [0.25, 0.3) is 11.2 Å². The van der Waals surface area contributed by atoms with E-state index in [0.717, 1.165) is 0 Å². The van der Waals surface area contributed by atoms with Gasteiger partial charge in [-0.1, -0.05) is 30.3 Å². The maximum atomic E-state index is 12.8. The Hall–Kier alpha value is -4.46. The molecular weight excluding hydrogens is 530 g/mol. The molecule has 13 nitrogen and oxygen atoms in total. The highest BCUT2D eigenvalue weighted by atomic mass is 16.8. The predicted octanol–water partition coefficient (Wildman–Crippen LogP) is 3.93. The molecular formula is C28H29N7O6. The van der Waals surface area contributed by atoms with Crippen LogP contribution in [0.4, 0.5) is 17.2 Å². The summed E-state index contributed by atoms with van der Waals surface area (Å²) in [6.45, 7) is 6.46. The van der Waals surface area contributed by atoms with Gasteiger partial charge < -0.3 is 24.4 Å². The molecule has 0 radical (unpaired) electrons. The summed E-state index contributed by atoms with van der Waals surface area (Å²) in [5.74, 6) is -0.918. The summed E-state index contributed by atoms with van der Waals surface area (Å²) >= 11 is 0. The smallest absolute Gasteiger partial charge is 0.292 e. The first-order chi connectivity index (χ1) is 19.8. The van der Waals surface area contributed by atoms with E-state index in [4.69, 9.17) is 14.2 Å². The molecule has 41 heavy (non-hydrogen) atoms. The maximum Gasteiger partial charge on any atom is 0.292 e. The Morgan fingerprint density at radius 2 is 1.80 bits per heavy atom. The van der Waals surface area contributed by atoms with Gasteiger partial charge in [-0.05, 0) is 39.0 Å². The van der Waals surface area contributed by atoms with Crippen molar-refractivity contribution < 1.29 is 23.9 Å². The van der Waals surface area contributed by atoms with Crippen molar-refractivity contribution in [2.24, 2.45) is 0 Å². The number of nitrogens with one attached hydrogen (secondary N) is 1. The van der Waals surface area contributed by atoms with Gasteiger partial charge in [0, 0.05) is 24.7 Å². The molecule has 4 aromatic rings. The third-order valence-electron chi connectivity index (χ3n) is 7.23. The van der Waals surface area contributed by atoms with Crippen molar-refractivity contribution in [3.8, 4) is 0 Å². The van der Waals surface area contributed by atoms with Crippen molar-refractivity contribution in [3.63, 3.8) is 0 Å². The van der Waals surface area contributed by atoms with Crippen molar-refractivity contribution in [2.45, 2.75) is 51.1 Å². The number of ether oxygens (including phenoxy) is 3. The summed E-state index contributed by atoms with van der Waals surface area (Å²) in [5, 5.41) is 14.5. The second kappa shape index (κ2) is 10.5. The first-order valence-corrected chi connectivity index (χ1v) is 13.3. The first-order valence-electron chi connectivity index (χ1n) is 13.3. The zero-order chi connectivity index (χ0) is 28.7. The normalized spacial score (nSPS) is 22.9. The molecule has 6 rings (SSSR count). The number of nitro benzene ring substituents is 1. The molecule has 2 aromatic carbocycles. The van der Waals surface area contributed by atoms with Gasteiger partial charge in [0.25, 0.3) is 11.6 Å². The third-order valence-corrected chi connectivity index (χ3v) is 7.23. The zero-order valence-electron chi connectivity index (χ0n) is 22.7. The lowest BCUT2D eigenvalue weighted by atomic mass is 10.1. The van der Waals surface area contributed by atoms with Crippen LogP contribution < -0.4 is 10.2 Å². The molecule has 4 heterocycles. The second-order valence-corrected chi connectivity index (χ2v) is 10.3. The lowest BCUT2D eigenvalue weighted by Gasteiger charge is -2.29. The Balaban J connectivity index is 1.30. The number of aromatic nitrogens is 4. The summed E-state index contributed by atoms with van der Waals surface area (Å²) in [5.41, 5.74) is 1.86. The van der Waals surface area contributed by atoms with Gasteiger partial charge in [-0.2, -0.15) is 0 Å². The van der Waals surface area contributed by atoms with Crippen molar-refractivity contribution in [2.75, 3.05) is 23.3 Å². The minimum atomic E-state index is -0.869. The molecule has 1 N–H and O–H groups in total. The van der Waals surface area contributed by atoms with Gasteiger partial charge in [0.1, 0.15) is 30.3 Å². The lowest BCUT2D eigenvalue weighted by Crippen LogP contribution is -2.40. The van der Waals surface area contributed by atoms with Crippen molar-refractivity contribution in [3.05, 3.63) is 82.9 Å². The second-order valence-electron chi connectivity index (χ2n) is 10.3. The molecule has 2 fully saturated rings. The number of hydrogen-bond donors (Lipinski definition) is 1. The highest BCUT2D eigenvalue weighted by Crippen LogP contribution is 2.44. The first kappa shape index (κ1) is 26.7. The van der Waals surface area contributed by atoms with Gasteiger partial charge in [0.2, 0.25) is 0 Å². The summed E-state index contributed by atoms with van der Waals surface area (Å²) in [6, 6.07) is 15.5. The van der Waals surface area contributed by atoms with E-state index in [1.807, 2.05) is 31.7 Å². The number of carbonyl (C=O) groups is 1. The summed E-state index contributed by atoms with van der Waals surface area (Å²) in [6.07, 6.45) is 0.832. The number of imidazole rings is 1. The number of benzene rings is 2. The van der Waals surface area contributed by atoms with Crippen molar-refractivity contribution >= 4 is 34.3 Å². The number of nitrogens with zero attached hydrogens (tertiary/aromatic N) is 6. The van der Waals surface area contributed by atoms with Crippen LogP contribution in [0.1, 0.15) is 37.4 Å². The number of hydrogen-bond acceptors (Lipinski definition) is 10. The highest BCUT2D eigenvalue weighted by Gasteiger charge is 2.56. The van der Waals surface area contributed by atoms with Crippen molar-refractivity contribution in [1.82, 2.24) is 19.5 Å². The number of anilines is 2. The number of rotatable bonds is 8. The fourth-order valence-electron chi connectivity index (χ4n) is 5.43. The van der Waals surface area contributed by atoms with Crippen LogP contribution in [0, 0.1) is 10.1 Å². The molecule has 0 bridgehead atoms. The number of amides is 1. The topological polar surface area (TPSA) is 147 Å². The summed E-state index contributed by atoms with van der Waals surface area (Å²) < 4.78 is 20.8. The van der Waals surface area contributed by atoms with E-state index in [9.17, 15) is 14.9 Å². The van der Waals surface area contributed by atoms with Crippen LogP contribution in [-0.4, -0.2) is 67.5 Å². The average Bonchev–Trinajstić information content (AvgIpc) is 3.63. The van der Waals surface area contributed by atoms with Gasteiger partial charge >= 0.3 is 0 Å². The molecule has 4 atom stereocenters. The van der Waals surface area contributed by atoms with Gasteiger partial charge in [0.15, 0.2) is 29.0 Å². The highest BCUT2D eigenvalue weighted by molar-refractivity contribution is 6.06. The van der Waals surface area contributed by atoms with E-state index in [0.29, 0.717) is 35.5 Å². The van der Waals surface area contributed by atoms with Crippen molar-refractivity contribution in [1.29, 1.82) is 0 Å². The maximum absolute atomic E-state index is 12.8. The fourth-order valence-corrected chi connectivity index (χ4v) is 5.43. The van der Waals surface area contributed by atoms with E-state index in [1.165, 1.54) is 12.4 Å². The fraction of sp³-hybridized carbons (Fsp3) is 0.357. The van der Waals surface area contributed by atoms with E-state index in [2.05, 4.69) is 20.3 Å². The number of para-hydroxylation sites is 2. The number of nitro groups is 1. The Labute approximate surface area is 235 Å². The van der Waals surface area contributed by atoms with Crippen LogP contribution in [0.5, 0.6) is 0 Å². The molecule has 0 saturated carbocycles. The minimum absolute atomic E-state index is 0.0201. The van der Waals surface area contributed by atoms with E-state index >= 15 is 0 Å². The van der Waals surface area contributed by atoms with Gasteiger partial charge in [0.05, 0.1) is 11.3 Å². The quantitative estimate of drug-likeness (QED) is 0.249. The Morgan fingerprint density at radius 3 is 2.56 bits per heavy atom. The molecule has 0 aliphatic carbocycles. The molecule has 2 aromatic heterocycles. The SMILES string of the molecule is CCN(C[C@H]1O[C@@H](n2cnc3c(NC(=O)c4ccccc4)ncnc32)C2OC(C)(C)O[C@@H]21)c1ccccc1[N+](=O)[O-]. The molecule has 2 aliphatic heterocycles. The number of carbonyl (C=O) groups excluding carboxylic acids is 1. The lowest BCUT2D eigenvalue weighted by molar-refractivity contribution is -0.384. The third kappa shape index (κ3) is 4.99. The van der Waals surface area contributed by atoms with Crippen LogP contribution in [0.2, 0.25) is 0 Å². The average molecular weight is 560 g/mol. The van der Waals surface area contributed by atoms with E-state index in [-0.39, 0.29) is 22.3 Å². The molecule has 13 heteroatoms. The molecule has 2 saturated heterocycles. The van der Waals surface area contributed by atoms with Gasteiger partial charge in [-0.25, -0.2) is 15.0 Å². The van der Waals surface area contributed by atoms with Crippen LogP contribution in [0.3, 0.4) is 0 Å². The van der Waals surface area contributed by atoms with Crippen LogP contribution in [0.15, 0.2) is 67.3 Å². The van der Waals surface area contributed by atoms with E-state index < -0.39 is 30.3 Å². The minimum Gasteiger partial charge on any atom is -0.364 e. The molecule has 212 valence electrons. The van der Waals surface area contributed by atoms with Crippen LogP contribution >= 0.6 is 0 Å². The molecule has 2 aliphatic rings. The van der Waals surface area contributed by atoms with Gasteiger partial charge in [-0.3, -0.25) is 19.5 Å². The number of fused-ring (bicyclic) bond motifs is 2. The zero-order valence-corrected chi connectivity index (χ0v) is 22.7. The summed E-state index contributed by atoms with van der Waals surface area (Å²) in [4.78, 5) is 39.2. The predicted molar refractivity (Wildman–Crippen MR) is 148 cm³/mol. The summed E-state index contributed by atoms with van der Waals surface area (Å²) in [7, 11) is 0. The Kier molecular flexibility index (Phi) is 6.85. The Bertz CT molecular complexity index is 1590. The van der Waals surface area contributed by atoms with E-state index in [1.54, 1.807) is 53.4 Å². The molecule has 0 spiro atoms. The molecule has 1 amide bonds. The molecule has 1 unspecified atom stereocenters. The van der Waals surface area contributed by atoms with Crippen LogP contribution in [-0.2, 0) is 14.2 Å². The number of likely N-dealkylation sites (N-methyl/N-ethyl adjacent to an activating group) is 1. The largest absolute Gasteiger partial charge is 0.364 e. The Morgan fingerprint density at radius 1 is 1.07 bits per heavy atom.